The second-order valence-electron chi connectivity index (χ2n) is 3.60. The fraction of sp³-hybridized carbons (Fsp3) is 0.333. The standard InChI is InChI=1S/C12H13N/c1-3-12(2)11-7-5-4-6-10(11)8-9-13-12/h1,4-7,13H,8-9H2,2H3. The van der Waals surface area contributed by atoms with Gasteiger partial charge in [0.2, 0.25) is 0 Å². The van der Waals surface area contributed by atoms with E-state index < -0.39 is 0 Å². The maximum Gasteiger partial charge on any atom is 0.103 e. The molecule has 0 spiro atoms. The van der Waals surface area contributed by atoms with E-state index in [4.69, 9.17) is 6.42 Å². The molecule has 1 atom stereocenters. The Kier molecular flexibility index (Phi) is 1.86. The highest BCUT2D eigenvalue weighted by molar-refractivity contribution is 5.41. The maximum absolute atomic E-state index is 5.54. The van der Waals surface area contributed by atoms with Crippen molar-refractivity contribution >= 4 is 0 Å². The van der Waals surface area contributed by atoms with Gasteiger partial charge in [-0.2, -0.15) is 0 Å². The van der Waals surface area contributed by atoms with Crippen molar-refractivity contribution in [2.75, 3.05) is 6.54 Å². The first-order valence-electron chi connectivity index (χ1n) is 4.57. The van der Waals surface area contributed by atoms with Gasteiger partial charge in [0.15, 0.2) is 0 Å². The molecule has 1 aromatic rings. The smallest absolute Gasteiger partial charge is 0.103 e. The summed E-state index contributed by atoms with van der Waals surface area (Å²) in [6, 6.07) is 8.38. The number of terminal acetylenes is 1. The van der Waals surface area contributed by atoms with Crippen molar-refractivity contribution in [3.8, 4) is 12.3 Å². The Hall–Kier alpha value is -1.26. The van der Waals surface area contributed by atoms with E-state index in [0.717, 1.165) is 13.0 Å². The average Bonchev–Trinajstić information content (AvgIpc) is 2.19. The van der Waals surface area contributed by atoms with Crippen LogP contribution in [0.4, 0.5) is 0 Å². The molecule has 1 aliphatic heterocycles. The van der Waals surface area contributed by atoms with Crippen LogP contribution in [0.2, 0.25) is 0 Å². The Balaban J connectivity index is 2.56. The quantitative estimate of drug-likeness (QED) is 0.586. The van der Waals surface area contributed by atoms with Gasteiger partial charge in [-0.1, -0.05) is 30.2 Å². The van der Waals surface area contributed by atoms with Gasteiger partial charge in [0.25, 0.3) is 0 Å². The molecule has 2 rings (SSSR count). The largest absolute Gasteiger partial charge is 0.297 e. The molecular formula is C12H13N. The second-order valence-corrected chi connectivity index (χ2v) is 3.60. The summed E-state index contributed by atoms with van der Waals surface area (Å²) < 4.78 is 0. The molecule has 0 bridgehead atoms. The van der Waals surface area contributed by atoms with Gasteiger partial charge in [-0.05, 0) is 24.5 Å². The van der Waals surface area contributed by atoms with Gasteiger partial charge in [-0.25, -0.2) is 0 Å². The topological polar surface area (TPSA) is 12.0 Å². The first-order chi connectivity index (χ1) is 6.26. The Labute approximate surface area is 79.2 Å². The molecular weight excluding hydrogens is 158 g/mol. The van der Waals surface area contributed by atoms with E-state index in [9.17, 15) is 0 Å². The van der Waals surface area contributed by atoms with E-state index in [1.807, 2.05) is 6.07 Å². The fourth-order valence-electron chi connectivity index (χ4n) is 1.90. The molecule has 1 heterocycles. The lowest BCUT2D eigenvalue weighted by molar-refractivity contribution is 0.446. The van der Waals surface area contributed by atoms with Crippen molar-refractivity contribution in [3.05, 3.63) is 35.4 Å². The minimum absolute atomic E-state index is 0.269. The van der Waals surface area contributed by atoms with Crippen molar-refractivity contribution < 1.29 is 0 Å². The number of fused-ring (bicyclic) bond motifs is 1. The van der Waals surface area contributed by atoms with Crippen LogP contribution >= 0.6 is 0 Å². The maximum atomic E-state index is 5.54. The lowest BCUT2D eigenvalue weighted by atomic mass is 9.84. The van der Waals surface area contributed by atoms with E-state index in [1.165, 1.54) is 11.1 Å². The average molecular weight is 171 g/mol. The van der Waals surface area contributed by atoms with E-state index in [0.29, 0.717) is 0 Å². The number of rotatable bonds is 0. The second kappa shape index (κ2) is 2.90. The summed E-state index contributed by atoms with van der Waals surface area (Å²) in [6.45, 7) is 3.03. The van der Waals surface area contributed by atoms with Crippen LogP contribution in [0.15, 0.2) is 24.3 Å². The molecule has 1 nitrogen and oxygen atoms in total. The number of hydrogen-bond acceptors (Lipinski definition) is 1. The Bertz CT molecular complexity index is 362. The molecule has 0 amide bonds. The fourth-order valence-corrected chi connectivity index (χ4v) is 1.90. The van der Waals surface area contributed by atoms with Gasteiger partial charge in [-0.15, -0.1) is 6.42 Å². The van der Waals surface area contributed by atoms with Crippen LogP contribution in [-0.4, -0.2) is 6.54 Å². The molecule has 1 aromatic carbocycles. The molecule has 0 aliphatic carbocycles. The van der Waals surface area contributed by atoms with Crippen molar-refractivity contribution in [3.63, 3.8) is 0 Å². The van der Waals surface area contributed by atoms with Crippen LogP contribution in [0, 0.1) is 12.3 Å². The van der Waals surface area contributed by atoms with E-state index in [1.54, 1.807) is 0 Å². The monoisotopic (exact) mass is 171 g/mol. The summed E-state index contributed by atoms with van der Waals surface area (Å²) in [5.74, 6) is 2.83. The molecule has 13 heavy (non-hydrogen) atoms. The van der Waals surface area contributed by atoms with E-state index in [2.05, 4.69) is 36.4 Å². The zero-order valence-corrected chi connectivity index (χ0v) is 7.80. The highest BCUT2D eigenvalue weighted by Crippen LogP contribution is 2.27. The molecule has 0 radical (unpaired) electrons. The third-order valence-corrected chi connectivity index (χ3v) is 2.72. The molecule has 1 heteroatoms. The lowest BCUT2D eigenvalue weighted by Crippen LogP contribution is -2.43. The zero-order chi connectivity index (χ0) is 9.31. The highest BCUT2D eigenvalue weighted by atomic mass is 15.0. The minimum Gasteiger partial charge on any atom is -0.297 e. The molecule has 1 unspecified atom stereocenters. The highest BCUT2D eigenvalue weighted by Gasteiger charge is 2.28. The van der Waals surface area contributed by atoms with Gasteiger partial charge < -0.3 is 0 Å². The molecule has 66 valence electrons. The first kappa shape index (κ1) is 8.34. The van der Waals surface area contributed by atoms with Crippen LogP contribution < -0.4 is 5.32 Å². The predicted molar refractivity (Wildman–Crippen MR) is 54.3 cm³/mol. The van der Waals surface area contributed by atoms with Crippen molar-refractivity contribution in [2.45, 2.75) is 18.9 Å². The van der Waals surface area contributed by atoms with Crippen molar-refractivity contribution in [2.24, 2.45) is 0 Å². The van der Waals surface area contributed by atoms with Gasteiger partial charge in [0.1, 0.15) is 5.54 Å². The summed E-state index contributed by atoms with van der Waals surface area (Å²) in [5, 5.41) is 3.37. The predicted octanol–water partition coefficient (Wildman–Crippen LogP) is 1.68. The van der Waals surface area contributed by atoms with Crippen molar-refractivity contribution in [1.29, 1.82) is 0 Å². The van der Waals surface area contributed by atoms with Gasteiger partial charge in [0.05, 0.1) is 0 Å². The minimum atomic E-state index is -0.269. The SMILES string of the molecule is C#CC1(C)NCCc2ccccc21. The van der Waals surface area contributed by atoms with Crippen molar-refractivity contribution in [1.82, 2.24) is 5.32 Å². The molecule has 1 aliphatic rings. The lowest BCUT2D eigenvalue weighted by Gasteiger charge is -2.32. The first-order valence-corrected chi connectivity index (χ1v) is 4.57. The van der Waals surface area contributed by atoms with Gasteiger partial charge in [-0.3, -0.25) is 5.32 Å². The van der Waals surface area contributed by atoms with Crippen LogP contribution in [-0.2, 0) is 12.0 Å². The van der Waals surface area contributed by atoms with E-state index in [-0.39, 0.29) is 5.54 Å². The number of benzene rings is 1. The summed E-state index contributed by atoms with van der Waals surface area (Å²) in [7, 11) is 0. The molecule has 0 fully saturated rings. The van der Waals surface area contributed by atoms with Gasteiger partial charge in [0, 0.05) is 6.54 Å². The Morgan fingerprint density at radius 3 is 3.00 bits per heavy atom. The zero-order valence-electron chi connectivity index (χ0n) is 7.80. The van der Waals surface area contributed by atoms with Gasteiger partial charge >= 0.3 is 0 Å². The summed E-state index contributed by atoms with van der Waals surface area (Å²) in [5.41, 5.74) is 2.36. The normalized spacial score (nSPS) is 26.2. The van der Waals surface area contributed by atoms with Crippen LogP contribution in [0.1, 0.15) is 18.1 Å². The summed E-state index contributed by atoms with van der Waals surface area (Å²) >= 11 is 0. The molecule has 0 saturated carbocycles. The van der Waals surface area contributed by atoms with E-state index >= 15 is 0 Å². The third kappa shape index (κ3) is 1.24. The summed E-state index contributed by atoms with van der Waals surface area (Å²) in [4.78, 5) is 0. The Morgan fingerprint density at radius 1 is 1.46 bits per heavy atom. The van der Waals surface area contributed by atoms with Crippen LogP contribution in [0.5, 0.6) is 0 Å². The van der Waals surface area contributed by atoms with Crippen LogP contribution in [0.3, 0.4) is 0 Å². The molecule has 1 N–H and O–H groups in total. The van der Waals surface area contributed by atoms with Crippen LogP contribution in [0.25, 0.3) is 0 Å². The number of hydrogen-bond donors (Lipinski definition) is 1. The summed E-state index contributed by atoms with van der Waals surface area (Å²) in [6.07, 6.45) is 6.62. The molecule has 0 saturated heterocycles. The molecule has 0 aromatic heterocycles. The third-order valence-electron chi connectivity index (χ3n) is 2.72. The number of nitrogens with one attached hydrogen (secondary N) is 1. The Morgan fingerprint density at radius 2 is 2.23 bits per heavy atom.